The smallest absolute Gasteiger partial charge is 0.416 e. The van der Waals surface area contributed by atoms with Crippen LogP contribution in [0.3, 0.4) is 0 Å². The fraction of sp³-hybridized carbons (Fsp3) is 0.515. The second-order valence-corrected chi connectivity index (χ2v) is 11.9. The van der Waals surface area contributed by atoms with Crippen LogP contribution in [0.4, 0.5) is 13.2 Å². The molecule has 0 bridgehead atoms. The number of hydrogen-bond acceptors (Lipinski definition) is 6. The van der Waals surface area contributed by atoms with Gasteiger partial charge in [0, 0.05) is 19.5 Å². The Hall–Kier alpha value is -3.97. The van der Waals surface area contributed by atoms with Crippen molar-refractivity contribution in [3.8, 4) is 0 Å². The van der Waals surface area contributed by atoms with Gasteiger partial charge < -0.3 is 25.8 Å². The molecule has 1 aliphatic rings. The Balaban J connectivity index is 1.73. The van der Waals surface area contributed by atoms with Gasteiger partial charge in [0.2, 0.25) is 17.7 Å². The van der Waals surface area contributed by atoms with Gasteiger partial charge in [0.25, 0.3) is 0 Å². The van der Waals surface area contributed by atoms with Gasteiger partial charge in [-0.1, -0.05) is 56.3 Å². The standard InChI is InChI=1S/C33H43F3N4O6/c1-22(2)8-14-27(31(43)39-28(32(44)45)20-24-9-12-25(13-10-24)33(34,35)36)38-30(42)26(15-11-23-6-4-3-5-7-23)37-29(41)21-40-16-18-46-19-17-40/h3-7,9-10,12-13,22,26-28H,8,11,14-21H2,1-2H3,(H,37,41)(H,38,42)(H,39,43)(H,44,45)/t26-,27-,28-/m0/s1. The zero-order valence-electron chi connectivity index (χ0n) is 26.1. The summed E-state index contributed by atoms with van der Waals surface area (Å²) in [6, 6.07) is 9.94. The van der Waals surface area contributed by atoms with Crippen LogP contribution in [0.25, 0.3) is 0 Å². The lowest BCUT2D eigenvalue weighted by molar-refractivity contribution is -0.142. The maximum absolute atomic E-state index is 13.6. The first-order chi connectivity index (χ1) is 21.8. The van der Waals surface area contributed by atoms with Gasteiger partial charge >= 0.3 is 12.1 Å². The molecule has 1 saturated heterocycles. The van der Waals surface area contributed by atoms with Gasteiger partial charge in [-0.2, -0.15) is 13.2 Å². The molecule has 46 heavy (non-hydrogen) atoms. The number of rotatable bonds is 16. The largest absolute Gasteiger partial charge is 0.480 e. The third kappa shape index (κ3) is 12.4. The summed E-state index contributed by atoms with van der Waals surface area (Å²) in [5.74, 6) is -2.88. The van der Waals surface area contributed by atoms with Crippen LogP contribution in [0, 0.1) is 5.92 Å². The van der Waals surface area contributed by atoms with Crippen LogP contribution in [0.2, 0.25) is 0 Å². The summed E-state index contributed by atoms with van der Waals surface area (Å²) in [7, 11) is 0. The molecule has 0 spiro atoms. The van der Waals surface area contributed by atoms with Crippen molar-refractivity contribution in [1.29, 1.82) is 0 Å². The molecular formula is C33H43F3N4O6. The number of morpholine rings is 1. The summed E-state index contributed by atoms with van der Waals surface area (Å²) in [4.78, 5) is 54.0. The molecule has 0 aromatic heterocycles. The summed E-state index contributed by atoms with van der Waals surface area (Å²) in [6.45, 7) is 6.15. The fourth-order valence-corrected chi connectivity index (χ4v) is 5.01. The van der Waals surface area contributed by atoms with E-state index in [2.05, 4.69) is 16.0 Å². The number of amides is 3. The molecule has 0 aliphatic carbocycles. The number of halogens is 3. The second-order valence-electron chi connectivity index (χ2n) is 11.9. The Morgan fingerprint density at radius 3 is 1.96 bits per heavy atom. The van der Waals surface area contributed by atoms with Crippen LogP contribution in [-0.4, -0.2) is 84.7 Å². The number of carboxylic acid groups (broad SMARTS) is 1. The van der Waals surface area contributed by atoms with Crippen molar-refractivity contribution >= 4 is 23.7 Å². The first-order valence-electron chi connectivity index (χ1n) is 15.4. The highest BCUT2D eigenvalue weighted by Gasteiger charge is 2.32. The van der Waals surface area contributed by atoms with E-state index < -0.39 is 47.6 Å². The summed E-state index contributed by atoms with van der Waals surface area (Å²) in [5, 5.41) is 17.8. The first kappa shape index (κ1) is 36.5. The van der Waals surface area contributed by atoms with Gasteiger partial charge in [-0.05, 0) is 54.9 Å². The van der Waals surface area contributed by atoms with Crippen molar-refractivity contribution in [2.24, 2.45) is 5.92 Å². The van der Waals surface area contributed by atoms with E-state index in [1.165, 1.54) is 12.1 Å². The normalized spacial score (nSPS) is 15.9. The van der Waals surface area contributed by atoms with Gasteiger partial charge in [0.05, 0.1) is 25.3 Å². The second kappa shape index (κ2) is 17.7. The van der Waals surface area contributed by atoms with E-state index in [9.17, 15) is 37.5 Å². The van der Waals surface area contributed by atoms with E-state index >= 15 is 0 Å². The Kier molecular flexibility index (Phi) is 14.0. The summed E-state index contributed by atoms with van der Waals surface area (Å²) < 4.78 is 44.2. The SMILES string of the molecule is CC(C)CC[C@H](NC(=O)[C@H](CCc1ccccc1)NC(=O)CN1CCOCC1)C(=O)N[C@@H](Cc1ccc(C(F)(F)F)cc1)C(=O)O. The Morgan fingerprint density at radius 2 is 1.39 bits per heavy atom. The van der Waals surface area contributed by atoms with Crippen LogP contribution in [-0.2, 0) is 42.9 Å². The average molecular weight is 649 g/mol. The van der Waals surface area contributed by atoms with E-state index in [4.69, 9.17) is 4.74 Å². The van der Waals surface area contributed by atoms with E-state index in [1.54, 1.807) is 0 Å². The van der Waals surface area contributed by atoms with E-state index in [-0.39, 0.29) is 43.2 Å². The van der Waals surface area contributed by atoms with E-state index in [0.717, 1.165) is 17.7 Å². The maximum Gasteiger partial charge on any atom is 0.416 e. The van der Waals surface area contributed by atoms with Crippen molar-refractivity contribution < 1.29 is 42.2 Å². The van der Waals surface area contributed by atoms with Crippen molar-refractivity contribution in [2.75, 3.05) is 32.8 Å². The van der Waals surface area contributed by atoms with Crippen LogP contribution in [0.1, 0.15) is 49.8 Å². The molecule has 252 valence electrons. The van der Waals surface area contributed by atoms with Crippen LogP contribution >= 0.6 is 0 Å². The van der Waals surface area contributed by atoms with Crippen molar-refractivity contribution in [2.45, 2.75) is 70.3 Å². The number of aliphatic carboxylic acids is 1. The van der Waals surface area contributed by atoms with Crippen LogP contribution in [0.5, 0.6) is 0 Å². The topological polar surface area (TPSA) is 137 Å². The van der Waals surface area contributed by atoms with Crippen molar-refractivity contribution in [1.82, 2.24) is 20.9 Å². The number of carbonyl (C=O) groups is 4. The third-order valence-electron chi connectivity index (χ3n) is 7.69. The number of nitrogens with zero attached hydrogens (tertiary/aromatic N) is 1. The number of carbonyl (C=O) groups excluding carboxylic acids is 3. The Morgan fingerprint density at radius 1 is 0.804 bits per heavy atom. The first-order valence-corrected chi connectivity index (χ1v) is 15.4. The predicted octanol–water partition coefficient (Wildman–Crippen LogP) is 3.19. The average Bonchev–Trinajstić information content (AvgIpc) is 3.01. The quantitative estimate of drug-likeness (QED) is 0.220. The van der Waals surface area contributed by atoms with Gasteiger partial charge in [-0.25, -0.2) is 4.79 Å². The summed E-state index contributed by atoms with van der Waals surface area (Å²) >= 11 is 0. The fourth-order valence-electron chi connectivity index (χ4n) is 5.01. The molecule has 13 heteroatoms. The minimum atomic E-state index is -4.54. The number of ether oxygens (including phenoxy) is 1. The van der Waals surface area contributed by atoms with Gasteiger partial charge in [0.15, 0.2) is 0 Å². The highest BCUT2D eigenvalue weighted by atomic mass is 19.4. The monoisotopic (exact) mass is 648 g/mol. The lowest BCUT2D eigenvalue weighted by Crippen LogP contribution is -2.57. The molecule has 3 rings (SSSR count). The molecule has 0 saturated carbocycles. The third-order valence-corrected chi connectivity index (χ3v) is 7.69. The highest BCUT2D eigenvalue weighted by molar-refractivity contribution is 5.93. The molecule has 0 unspecified atom stereocenters. The van der Waals surface area contributed by atoms with Crippen molar-refractivity contribution in [3.05, 3.63) is 71.3 Å². The molecular weight excluding hydrogens is 605 g/mol. The zero-order valence-corrected chi connectivity index (χ0v) is 26.1. The molecule has 0 radical (unpaired) electrons. The Bertz CT molecular complexity index is 1280. The number of benzene rings is 2. The van der Waals surface area contributed by atoms with Gasteiger partial charge in [-0.3, -0.25) is 19.3 Å². The van der Waals surface area contributed by atoms with E-state index in [0.29, 0.717) is 39.1 Å². The molecule has 3 amide bonds. The molecule has 2 aromatic carbocycles. The lowest BCUT2D eigenvalue weighted by atomic mass is 10.00. The molecule has 1 fully saturated rings. The van der Waals surface area contributed by atoms with Crippen molar-refractivity contribution in [3.63, 3.8) is 0 Å². The van der Waals surface area contributed by atoms with Crippen LogP contribution in [0.15, 0.2) is 54.6 Å². The number of aryl methyl sites for hydroxylation is 1. The molecule has 1 aliphatic heterocycles. The highest BCUT2D eigenvalue weighted by Crippen LogP contribution is 2.29. The number of carboxylic acids is 1. The molecule has 2 aromatic rings. The van der Waals surface area contributed by atoms with E-state index in [1.807, 2.05) is 49.1 Å². The summed E-state index contributed by atoms with van der Waals surface area (Å²) in [6.07, 6.45) is -3.33. The van der Waals surface area contributed by atoms with Gasteiger partial charge in [-0.15, -0.1) is 0 Å². The molecule has 3 atom stereocenters. The number of alkyl halides is 3. The Labute approximate surface area is 267 Å². The number of hydrogen-bond donors (Lipinski definition) is 4. The molecule has 10 nitrogen and oxygen atoms in total. The minimum Gasteiger partial charge on any atom is -0.480 e. The predicted molar refractivity (Wildman–Crippen MR) is 165 cm³/mol. The molecule has 1 heterocycles. The lowest BCUT2D eigenvalue weighted by Gasteiger charge is -2.28. The number of nitrogens with one attached hydrogen (secondary N) is 3. The minimum absolute atomic E-state index is 0.0833. The molecule has 4 N–H and O–H groups in total. The zero-order chi connectivity index (χ0) is 33.7. The van der Waals surface area contributed by atoms with Crippen LogP contribution < -0.4 is 16.0 Å². The maximum atomic E-state index is 13.6. The summed E-state index contributed by atoms with van der Waals surface area (Å²) in [5.41, 5.74) is 0.374. The van der Waals surface area contributed by atoms with Gasteiger partial charge in [0.1, 0.15) is 18.1 Å².